The number of guanidine groups is 1. The zero-order valence-corrected chi connectivity index (χ0v) is 15.4. The molecule has 1 saturated carbocycles. The van der Waals surface area contributed by atoms with E-state index < -0.39 is 0 Å². The number of nitrogens with one attached hydrogen (secondary N) is 2. The highest BCUT2D eigenvalue weighted by Crippen LogP contribution is 2.40. The first kappa shape index (κ1) is 19.0. The summed E-state index contributed by atoms with van der Waals surface area (Å²) < 4.78 is 5.30. The van der Waals surface area contributed by atoms with E-state index >= 15 is 0 Å². The van der Waals surface area contributed by atoms with Crippen LogP contribution in [0.2, 0.25) is 0 Å². The first-order valence-electron chi connectivity index (χ1n) is 9.48. The van der Waals surface area contributed by atoms with Crippen LogP contribution >= 0.6 is 0 Å². The third kappa shape index (κ3) is 5.65. The molecule has 0 radical (unpaired) electrons. The van der Waals surface area contributed by atoms with Crippen molar-refractivity contribution in [2.75, 3.05) is 46.4 Å². The number of hydrogen-bond acceptors (Lipinski definition) is 3. The molecule has 2 rings (SSSR count). The molecule has 0 aromatic rings. The van der Waals surface area contributed by atoms with Gasteiger partial charge in [-0.2, -0.15) is 0 Å². The van der Waals surface area contributed by atoms with Crippen molar-refractivity contribution in [1.82, 2.24) is 15.5 Å². The van der Waals surface area contributed by atoms with Crippen LogP contribution in [0.1, 0.15) is 51.9 Å². The summed E-state index contributed by atoms with van der Waals surface area (Å²) in [6, 6.07) is 0. The molecule has 2 aliphatic rings. The minimum atomic E-state index is 0.139. The zero-order valence-electron chi connectivity index (χ0n) is 15.4. The van der Waals surface area contributed by atoms with Crippen LogP contribution < -0.4 is 10.6 Å². The number of carbonyl (C=O) groups is 1. The van der Waals surface area contributed by atoms with Crippen molar-refractivity contribution < 1.29 is 9.53 Å². The molecule has 138 valence electrons. The molecule has 0 spiro atoms. The Kier molecular flexibility index (Phi) is 7.82. The maximum atomic E-state index is 12.2. The fraction of sp³-hybridized carbons (Fsp3) is 0.889. The van der Waals surface area contributed by atoms with E-state index in [0.29, 0.717) is 5.41 Å². The van der Waals surface area contributed by atoms with Gasteiger partial charge in [-0.05, 0) is 44.4 Å². The van der Waals surface area contributed by atoms with Gasteiger partial charge in [-0.1, -0.05) is 12.8 Å². The second kappa shape index (κ2) is 9.87. The summed E-state index contributed by atoms with van der Waals surface area (Å²) in [7, 11) is 1.77. The van der Waals surface area contributed by atoms with Gasteiger partial charge >= 0.3 is 0 Å². The quantitative estimate of drug-likeness (QED) is 0.523. The molecule has 1 heterocycles. The van der Waals surface area contributed by atoms with E-state index in [0.717, 1.165) is 58.0 Å². The number of amides is 1. The molecular formula is C18H34N4O2. The highest BCUT2D eigenvalue weighted by atomic mass is 16.5. The summed E-state index contributed by atoms with van der Waals surface area (Å²) in [4.78, 5) is 18.6. The Morgan fingerprint density at radius 2 is 1.88 bits per heavy atom. The van der Waals surface area contributed by atoms with Crippen LogP contribution in [-0.2, 0) is 9.53 Å². The fourth-order valence-corrected chi connectivity index (χ4v) is 3.78. The van der Waals surface area contributed by atoms with Crippen LogP contribution in [0.25, 0.3) is 0 Å². The Hall–Kier alpha value is -1.30. The average molecular weight is 338 g/mol. The van der Waals surface area contributed by atoms with Crippen molar-refractivity contribution in [2.45, 2.75) is 51.9 Å². The molecule has 1 saturated heterocycles. The van der Waals surface area contributed by atoms with Gasteiger partial charge in [0.25, 0.3) is 0 Å². The number of rotatable bonds is 8. The number of nitrogens with zero attached hydrogens (tertiary/aromatic N) is 2. The number of carbonyl (C=O) groups excluding carboxylic acids is 1. The molecule has 6 heteroatoms. The van der Waals surface area contributed by atoms with Crippen molar-refractivity contribution in [3.8, 4) is 0 Å². The van der Waals surface area contributed by atoms with E-state index in [1.165, 1.54) is 25.7 Å². The van der Waals surface area contributed by atoms with E-state index in [2.05, 4.69) is 22.5 Å². The minimum Gasteiger partial charge on any atom is -0.385 e. The van der Waals surface area contributed by atoms with Gasteiger partial charge in [-0.3, -0.25) is 4.79 Å². The van der Waals surface area contributed by atoms with Gasteiger partial charge in [0, 0.05) is 39.9 Å². The smallest absolute Gasteiger partial charge is 0.244 e. The minimum absolute atomic E-state index is 0.139. The maximum Gasteiger partial charge on any atom is 0.244 e. The van der Waals surface area contributed by atoms with Crippen molar-refractivity contribution in [3.63, 3.8) is 0 Å². The summed E-state index contributed by atoms with van der Waals surface area (Å²) in [5, 5.41) is 6.73. The standard InChI is InChI=1S/C18H34N4O2/c1-3-19-17(20-14-16(23)22-11-6-7-12-22)21-15-18(10-13-24-2)8-4-5-9-18/h3-15H2,1-2H3,(H2,19,20,21). The topological polar surface area (TPSA) is 66.0 Å². The third-order valence-electron chi connectivity index (χ3n) is 5.31. The molecule has 24 heavy (non-hydrogen) atoms. The molecule has 0 aromatic heterocycles. The van der Waals surface area contributed by atoms with Gasteiger partial charge in [0.15, 0.2) is 5.96 Å². The number of ether oxygens (including phenoxy) is 1. The van der Waals surface area contributed by atoms with Crippen LogP contribution in [0.3, 0.4) is 0 Å². The van der Waals surface area contributed by atoms with Crippen LogP contribution in [0.4, 0.5) is 0 Å². The van der Waals surface area contributed by atoms with Crippen molar-refractivity contribution in [1.29, 1.82) is 0 Å². The average Bonchev–Trinajstić information content (AvgIpc) is 3.27. The van der Waals surface area contributed by atoms with Crippen LogP contribution in [-0.4, -0.2) is 63.2 Å². The Bertz CT molecular complexity index is 413. The molecule has 2 fully saturated rings. The summed E-state index contributed by atoms with van der Waals surface area (Å²) in [6.07, 6.45) is 8.41. The van der Waals surface area contributed by atoms with Gasteiger partial charge in [-0.25, -0.2) is 4.99 Å². The van der Waals surface area contributed by atoms with E-state index in [1.807, 2.05) is 4.90 Å². The number of hydrogen-bond donors (Lipinski definition) is 2. The van der Waals surface area contributed by atoms with Crippen LogP contribution in [0.5, 0.6) is 0 Å². The predicted octanol–water partition coefficient (Wildman–Crippen LogP) is 1.76. The van der Waals surface area contributed by atoms with Gasteiger partial charge in [0.05, 0.1) is 0 Å². The van der Waals surface area contributed by atoms with E-state index in [9.17, 15) is 4.79 Å². The lowest BCUT2D eigenvalue weighted by molar-refractivity contribution is -0.128. The lowest BCUT2D eigenvalue weighted by Gasteiger charge is -2.30. The van der Waals surface area contributed by atoms with Gasteiger partial charge in [0.1, 0.15) is 6.54 Å². The summed E-state index contributed by atoms with van der Waals surface area (Å²) in [6.45, 7) is 6.57. The van der Waals surface area contributed by atoms with Crippen molar-refractivity contribution >= 4 is 11.9 Å². The summed E-state index contributed by atoms with van der Waals surface area (Å²) in [5.41, 5.74) is 0.311. The lowest BCUT2D eigenvalue weighted by atomic mass is 9.83. The van der Waals surface area contributed by atoms with Gasteiger partial charge in [-0.15, -0.1) is 0 Å². The highest BCUT2D eigenvalue weighted by Gasteiger charge is 2.33. The van der Waals surface area contributed by atoms with Gasteiger partial charge < -0.3 is 20.3 Å². The maximum absolute atomic E-state index is 12.2. The van der Waals surface area contributed by atoms with Crippen molar-refractivity contribution in [2.24, 2.45) is 10.4 Å². The largest absolute Gasteiger partial charge is 0.385 e. The fourth-order valence-electron chi connectivity index (χ4n) is 3.78. The molecule has 1 amide bonds. The first-order valence-corrected chi connectivity index (χ1v) is 9.48. The SMILES string of the molecule is CCNC(=NCC(=O)N1CCCC1)NCC1(CCOC)CCCC1. The number of aliphatic imine (C=N–C) groups is 1. The predicted molar refractivity (Wildman–Crippen MR) is 97.2 cm³/mol. The van der Waals surface area contributed by atoms with E-state index in [1.54, 1.807) is 7.11 Å². The summed E-state index contributed by atoms with van der Waals surface area (Å²) >= 11 is 0. The molecule has 0 aromatic carbocycles. The van der Waals surface area contributed by atoms with E-state index in [-0.39, 0.29) is 12.5 Å². The lowest BCUT2D eigenvalue weighted by Crippen LogP contribution is -2.44. The molecule has 2 N–H and O–H groups in total. The third-order valence-corrected chi connectivity index (χ3v) is 5.31. The monoisotopic (exact) mass is 338 g/mol. The number of likely N-dealkylation sites (tertiary alicyclic amines) is 1. The Balaban J connectivity index is 1.86. The molecular weight excluding hydrogens is 304 g/mol. The Morgan fingerprint density at radius 1 is 1.17 bits per heavy atom. The zero-order chi connectivity index (χ0) is 17.3. The molecule has 1 aliphatic carbocycles. The Labute approximate surface area is 146 Å². The van der Waals surface area contributed by atoms with Gasteiger partial charge in [0.2, 0.25) is 5.91 Å². The van der Waals surface area contributed by atoms with Crippen molar-refractivity contribution in [3.05, 3.63) is 0 Å². The second-order valence-electron chi connectivity index (χ2n) is 7.09. The first-order chi connectivity index (χ1) is 11.7. The number of methoxy groups -OCH3 is 1. The highest BCUT2D eigenvalue weighted by molar-refractivity contribution is 5.85. The molecule has 6 nitrogen and oxygen atoms in total. The second-order valence-corrected chi connectivity index (χ2v) is 7.09. The van der Waals surface area contributed by atoms with E-state index in [4.69, 9.17) is 4.74 Å². The molecule has 1 aliphatic heterocycles. The van der Waals surface area contributed by atoms with Crippen LogP contribution in [0.15, 0.2) is 4.99 Å². The Morgan fingerprint density at radius 3 is 2.50 bits per heavy atom. The molecule has 0 bridgehead atoms. The normalized spacial score (nSPS) is 20.4. The van der Waals surface area contributed by atoms with Crippen LogP contribution in [0, 0.1) is 5.41 Å². The molecule has 0 atom stereocenters. The summed E-state index contributed by atoms with van der Waals surface area (Å²) in [5.74, 6) is 0.897. The molecule has 0 unspecified atom stereocenters.